The number of carbonyl (C=O) groups excluding carboxylic acids is 1. The molecule has 0 aliphatic carbocycles. The van der Waals surface area contributed by atoms with Crippen LogP contribution >= 0.6 is 22.9 Å². The summed E-state index contributed by atoms with van der Waals surface area (Å²) in [6.07, 6.45) is 1.44. The van der Waals surface area contributed by atoms with Crippen LogP contribution in [0.5, 0.6) is 5.88 Å². The van der Waals surface area contributed by atoms with Gasteiger partial charge < -0.3 is 14.8 Å². The van der Waals surface area contributed by atoms with Crippen LogP contribution in [0.4, 0.5) is 0 Å². The average Bonchev–Trinajstić information content (AvgIpc) is 3.05. The lowest BCUT2D eigenvalue weighted by atomic mass is 10.1. The van der Waals surface area contributed by atoms with Crippen molar-refractivity contribution in [1.82, 2.24) is 15.3 Å². The van der Waals surface area contributed by atoms with Gasteiger partial charge in [0.1, 0.15) is 11.2 Å². The van der Waals surface area contributed by atoms with Crippen LogP contribution < -0.4 is 10.1 Å². The summed E-state index contributed by atoms with van der Waals surface area (Å²) in [4.78, 5) is 21.3. The van der Waals surface area contributed by atoms with E-state index in [4.69, 9.17) is 21.1 Å². The lowest BCUT2D eigenvalue weighted by Crippen LogP contribution is -2.38. The summed E-state index contributed by atoms with van der Waals surface area (Å²) in [5, 5.41) is 6.26. The van der Waals surface area contributed by atoms with Crippen molar-refractivity contribution in [3.8, 4) is 17.0 Å². The number of carbonyl (C=O) groups is 1. The Morgan fingerprint density at radius 3 is 2.81 bits per heavy atom. The SMILES string of the molecule is COCC(C)NC(=O)COc1ncnc2scc(-c3ccc(Cl)cc3)c12. The van der Waals surface area contributed by atoms with E-state index in [0.29, 0.717) is 17.5 Å². The number of hydrogen-bond acceptors (Lipinski definition) is 6. The number of methoxy groups -OCH3 is 1. The number of thiophene rings is 1. The molecule has 0 aliphatic heterocycles. The third kappa shape index (κ3) is 4.30. The van der Waals surface area contributed by atoms with E-state index in [0.717, 1.165) is 21.3 Å². The summed E-state index contributed by atoms with van der Waals surface area (Å²) in [5.74, 6) is 0.153. The lowest BCUT2D eigenvalue weighted by Gasteiger charge is -2.13. The molecule has 1 amide bonds. The zero-order valence-electron chi connectivity index (χ0n) is 14.4. The monoisotopic (exact) mass is 391 g/mol. The normalized spacial score (nSPS) is 12.1. The molecule has 8 heteroatoms. The number of aromatic nitrogens is 2. The highest BCUT2D eigenvalue weighted by Crippen LogP contribution is 2.37. The Morgan fingerprint density at radius 1 is 1.31 bits per heavy atom. The molecular weight excluding hydrogens is 374 g/mol. The molecule has 1 N–H and O–H groups in total. The van der Waals surface area contributed by atoms with Crippen molar-refractivity contribution < 1.29 is 14.3 Å². The number of nitrogens with one attached hydrogen (secondary N) is 1. The van der Waals surface area contributed by atoms with Gasteiger partial charge in [-0.25, -0.2) is 9.97 Å². The second kappa shape index (κ2) is 8.44. The molecule has 0 aliphatic rings. The van der Waals surface area contributed by atoms with Crippen molar-refractivity contribution in [2.45, 2.75) is 13.0 Å². The number of halogens is 1. The number of ether oxygens (including phenoxy) is 2. The van der Waals surface area contributed by atoms with Crippen LogP contribution in [0.25, 0.3) is 21.3 Å². The minimum Gasteiger partial charge on any atom is -0.467 e. The van der Waals surface area contributed by atoms with Crippen molar-refractivity contribution in [3.05, 3.63) is 41.0 Å². The summed E-state index contributed by atoms with van der Waals surface area (Å²) in [7, 11) is 1.59. The Balaban J connectivity index is 1.81. The van der Waals surface area contributed by atoms with E-state index in [9.17, 15) is 4.79 Å². The quantitative estimate of drug-likeness (QED) is 0.666. The molecule has 2 heterocycles. The van der Waals surface area contributed by atoms with Gasteiger partial charge in [0.25, 0.3) is 5.91 Å². The van der Waals surface area contributed by atoms with Crippen LogP contribution in [0, 0.1) is 0 Å². The van der Waals surface area contributed by atoms with Gasteiger partial charge in [0.05, 0.1) is 12.0 Å². The first kappa shape index (κ1) is 18.6. The minimum absolute atomic E-state index is 0.0905. The van der Waals surface area contributed by atoms with Crippen molar-refractivity contribution in [2.75, 3.05) is 20.3 Å². The molecule has 0 bridgehead atoms. The van der Waals surface area contributed by atoms with E-state index in [2.05, 4.69) is 15.3 Å². The van der Waals surface area contributed by atoms with E-state index in [1.54, 1.807) is 7.11 Å². The van der Waals surface area contributed by atoms with Gasteiger partial charge in [0.2, 0.25) is 5.88 Å². The number of amides is 1. The third-order valence-electron chi connectivity index (χ3n) is 3.65. The van der Waals surface area contributed by atoms with Crippen LogP contribution in [-0.2, 0) is 9.53 Å². The molecule has 3 rings (SSSR count). The fourth-order valence-corrected chi connectivity index (χ4v) is 3.57. The van der Waals surface area contributed by atoms with E-state index in [-0.39, 0.29) is 18.6 Å². The number of nitrogens with zero attached hydrogens (tertiary/aromatic N) is 2. The van der Waals surface area contributed by atoms with Gasteiger partial charge in [0.15, 0.2) is 6.61 Å². The van der Waals surface area contributed by atoms with Gasteiger partial charge in [-0.05, 0) is 24.6 Å². The fraction of sp³-hybridized carbons (Fsp3) is 0.278. The molecular formula is C18H18ClN3O3S. The first-order chi connectivity index (χ1) is 12.6. The molecule has 136 valence electrons. The van der Waals surface area contributed by atoms with Crippen LogP contribution in [0.15, 0.2) is 36.0 Å². The molecule has 0 spiro atoms. The van der Waals surface area contributed by atoms with E-state index in [1.165, 1.54) is 17.7 Å². The highest BCUT2D eigenvalue weighted by atomic mass is 35.5. The summed E-state index contributed by atoms with van der Waals surface area (Å²) in [5.41, 5.74) is 1.93. The smallest absolute Gasteiger partial charge is 0.258 e. The topological polar surface area (TPSA) is 73.3 Å². The number of fused-ring (bicyclic) bond motifs is 1. The predicted molar refractivity (Wildman–Crippen MR) is 103 cm³/mol. The maximum Gasteiger partial charge on any atom is 0.258 e. The van der Waals surface area contributed by atoms with Crippen LogP contribution in [0.2, 0.25) is 5.02 Å². The number of rotatable bonds is 7. The van der Waals surface area contributed by atoms with Gasteiger partial charge in [0, 0.05) is 29.1 Å². The molecule has 0 saturated heterocycles. The van der Waals surface area contributed by atoms with Crippen molar-refractivity contribution in [2.24, 2.45) is 0 Å². The van der Waals surface area contributed by atoms with E-state index >= 15 is 0 Å². The van der Waals surface area contributed by atoms with Gasteiger partial charge in [-0.3, -0.25) is 4.79 Å². The number of hydrogen-bond donors (Lipinski definition) is 1. The average molecular weight is 392 g/mol. The highest BCUT2D eigenvalue weighted by Gasteiger charge is 2.16. The molecule has 0 saturated carbocycles. The predicted octanol–water partition coefficient (Wildman–Crippen LogP) is 3.54. The second-order valence-corrected chi connectivity index (χ2v) is 7.02. The molecule has 6 nitrogen and oxygen atoms in total. The first-order valence-electron chi connectivity index (χ1n) is 7.97. The highest BCUT2D eigenvalue weighted by molar-refractivity contribution is 7.17. The largest absolute Gasteiger partial charge is 0.467 e. The zero-order chi connectivity index (χ0) is 18.5. The molecule has 0 fully saturated rings. The molecule has 2 aromatic heterocycles. The Hall–Kier alpha value is -2.22. The van der Waals surface area contributed by atoms with E-state index < -0.39 is 0 Å². The third-order valence-corrected chi connectivity index (χ3v) is 4.79. The Kier molecular flexibility index (Phi) is 6.03. The molecule has 3 aromatic rings. The van der Waals surface area contributed by atoms with Crippen LogP contribution in [-0.4, -0.2) is 42.2 Å². The molecule has 0 radical (unpaired) electrons. The summed E-state index contributed by atoms with van der Waals surface area (Å²) >= 11 is 7.47. The maximum absolute atomic E-state index is 12.0. The maximum atomic E-state index is 12.0. The Morgan fingerprint density at radius 2 is 2.08 bits per heavy atom. The van der Waals surface area contributed by atoms with Crippen molar-refractivity contribution in [3.63, 3.8) is 0 Å². The standard InChI is InChI=1S/C18H18ClN3O3S/c1-11(7-24-2)22-15(23)8-25-17-16-14(9-26-18(16)21-10-20-17)12-3-5-13(19)6-4-12/h3-6,9-11H,7-8H2,1-2H3,(H,22,23). The van der Waals surface area contributed by atoms with Crippen LogP contribution in [0.3, 0.4) is 0 Å². The van der Waals surface area contributed by atoms with Crippen LogP contribution in [0.1, 0.15) is 6.92 Å². The summed E-state index contributed by atoms with van der Waals surface area (Å²) in [6.45, 7) is 2.17. The zero-order valence-corrected chi connectivity index (χ0v) is 15.9. The molecule has 1 atom stereocenters. The fourth-order valence-electron chi connectivity index (χ4n) is 2.54. The summed E-state index contributed by atoms with van der Waals surface area (Å²) < 4.78 is 10.7. The Bertz CT molecular complexity index is 898. The van der Waals surface area contributed by atoms with Gasteiger partial charge in [-0.2, -0.15) is 0 Å². The van der Waals surface area contributed by atoms with Crippen molar-refractivity contribution in [1.29, 1.82) is 0 Å². The van der Waals surface area contributed by atoms with E-state index in [1.807, 2.05) is 36.6 Å². The molecule has 1 unspecified atom stereocenters. The number of benzene rings is 1. The lowest BCUT2D eigenvalue weighted by molar-refractivity contribution is -0.124. The van der Waals surface area contributed by atoms with Gasteiger partial charge in [-0.1, -0.05) is 23.7 Å². The second-order valence-electron chi connectivity index (χ2n) is 5.73. The molecule has 26 heavy (non-hydrogen) atoms. The molecule has 1 aromatic carbocycles. The van der Waals surface area contributed by atoms with Gasteiger partial charge >= 0.3 is 0 Å². The Labute approximate surface area is 160 Å². The first-order valence-corrected chi connectivity index (χ1v) is 9.23. The van der Waals surface area contributed by atoms with Crippen molar-refractivity contribution >= 4 is 39.1 Å². The van der Waals surface area contributed by atoms with Gasteiger partial charge in [-0.15, -0.1) is 11.3 Å². The minimum atomic E-state index is -0.232. The summed E-state index contributed by atoms with van der Waals surface area (Å²) in [6, 6.07) is 7.43.